The summed E-state index contributed by atoms with van der Waals surface area (Å²) in [5.74, 6) is 0.391. The highest BCUT2D eigenvalue weighted by atomic mass is 19.1. The molecule has 0 bridgehead atoms. The van der Waals surface area contributed by atoms with Gasteiger partial charge in [-0.3, -0.25) is 0 Å². The molecule has 0 radical (unpaired) electrons. The molecule has 94 valence electrons. The molecule has 0 aliphatic heterocycles. The summed E-state index contributed by atoms with van der Waals surface area (Å²) in [5.41, 5.74) is 5.57. The van der Waals surface area contributed by atoms with Gasteiger partial charge >= 0.3 is 0 Å². The van der Waals surface area contributed by atoms with E-state index in [4.69, 9.17) is 5.73 Å². The lowest BCUT2D eigenvalue weighted by molar-refractivity contribution is 0.550. The molecule has 0 aromatic rings. The van der Waals surface area contributed by atoms with Crippen molar-refractivity contribution in [2.75, 3.05) is 0 Å². The molecule has 2 N–H and O–H groups in total. The lowest BCUT2D eigenvalue weighted by atomic mass is 10.1. The van der Waals surface area contributed by atoms with Gasteiger partial charge in [0.2, 0.25) is 0 Å². The number of unbranched alkanes of at least 4 members (excludes halogenated alkanes) is 1. The molecule has 1 nitrogen and oxygen atoms in total. The molecule has 0 spiro atoms. The van der Waals surface area contributed by atoms with Crippen molar-refractivity contribution < 1.29 is 4.39 Å². The van der Waals surface area contributed by atoms with Crippen LogP contribution in [0.4, 0.5) is 4.39 Å². The van der Waals surface area contributed by atoms with Crippen molar-refractivity contribution in [2.45, 2.75) is 47.0 Å². The van der Waals surface area contributed by atoms with Crippen LogP contribution in [0.15, 0.2) is 36.3 Å². The highest BCUT2D eigenvalue weighted by Crippen LogP contribution is 2.05. The van der Waals surface area contributed by atoms with E-state index in [1.165, 1.54) is 25.3 Å². The maximum absolute atomic E-state index is 12.4. The Hall–Kier alpha value is -1.05. The standard InChI is InChI=1S/C7H10FN.C7H16/c1-5(2)4-7(8)6(3)9;1-4-5-6-7(2)3/h4H,1,3,9H2,2H3;7H,4-6H2,1-3H3/b7-4+;. The molecule has 0 heterocycles. The molecule has 0 rings (SSSR count). The van der Waals surface area contributed by atoms with Gasteiger partial charge in [0, 0.05) is 0 Å². The molecule has 0 saturated carbocycles. The van der Waals surface area contributed by atoms with E-state index in [2.05, 4.69) is 33.9 Å². The highest BCUT2D eigenvalue weighted by molar-refractivity contribution is 5.26. The number of halogens is 1. The zero-order valence-electron chi connectivity index (χ0n) is 11.1. The summed E-state index contributed by atoms with van der Waals surface area (Å²) in [5, 5.41) is 0. The van der Waals surface area contributed by atoms with Gasteiger partial charge in [0.05, 0.1) is 5.70 Å². The van der Waals surface area contributed by atoms with E-state index < -0.39 is 5.83 Å². The number of hydrogen-bond acceptors (Lipinski definition) is 1. The number of allylic oxidation sites excluding steroid dienone is 3. The third kappa shape index (κ3) is 15.4. The molecule has 0 fully saturated rings. The average Bonchev–Trinajstić information content (AvgIpc) is 2.14. The lowest BCUT2D eigenvalue weighted by Gasteiger charge is -1.98. The normalized spacial score (nSPS) is 10.8. The summed E-state index contributed by atoms with van der Waals surface area (Å²) in [7, 11) is 0. The smallest absolute Gasteiger partial charge is 0.145 e. The van der Waals surface area contributed by atoms with Gasteiger partial charge in [0.1, 0.15) is 5.83 Å². The molecular formula is C14H26FN. The Kier molecular flexibility index (Phi) is 11.3. The van der Waals surface area contributed by atoms with Gasteiger partial charge in [-0.2, -0.15) is 0 Å². The Morgan fingerprint density at radius 2 is 1.88 bits per heavy atom. The van der Waals surface area contributed by atoms with Crippen molar-refractivity contribution in [1.29, 1.82) is 0 Å². The number of nitrogens with two attached hydrogens (primary N) is 1. The van der Waals surface area contributed by atoms with Crippen LogP contribution in [0.25, 0.3) is 0 Å². The second-order valence-corrected chi connectivity index (χ2v) is 4.40. The minimum atomic E-state index is -0.512. The lowest BCUT2D eigenvalue weighted by Crippen LogP contribution is -1.94. The molecule has 0 aliphatic carbocycles. The van der Waals surface area contributed by atoms with Crippen molar-refractivity contribution in [3.05, 3.63) is 36.3 Å². The van der Waals surface area contributed by atoms with Gasteiger partial charge < -0.3 is 5.73 Å². The highest BCUT2D eigenvalue weighted by Gasteiger charge is 1.92. The van der Waals surface area contributed by atoms with E-state index in [1.54, 1.807) is 6.92 Å². The Balaban J connectivity index is 0. The SMILES string of the molecule is C=C(C)/C=C(/F)C(=C)N.CCCCC(C)C. The maximum atomic E-state index is 12.4. The van der Waals surface area contributed by atoms with Gasteiger partial charge in [0.15, 0.2) is 0 Å². The minimum Gasteiger partial charge on any atom is -0.397 e. The third-order valence-corrected chi connectivity index (χ3v) is 1.81. The molecule has 0 atom stereocenters. The molecule has 0 saturated heterocycles. The topological polar surface area (TPSA) is 26.0 Å². The number of hydrogen-bond donors (Lipinski definition) is 1. The molecule has 0 aromatic carbocycles. The van der Waals surface area contributed by atoms with Crippen molar-refractivity contribution in [3.8, 4) is 0 Å². The monoisotopic (exact) mass is 227 g/mol. The quantitative estimate of drug-likeness (QED) is 0.676. The van der Waals surface area contributed by atoms with Crippen molar-refractivity contribution in [2.24, 2.45) is 11.7 Å². The van der Waals surface area contributed by atoms with Gasteiger partial charge in [-0.25, -0.2) is 4.39 Å². The third-order valence-electron chi connectivity index (χ3n) is 1.81. The van der Waals surface area contributed by atoms with Crippen molar-refractivity contribution in [3.63, 3.8) is 0 Å². The fraction of sp³-hybridized carbons (Fsp3) is 0.571. The Bertz CT molecular complexity index is 239. The van der Waals surface area contributed by atoms with E-state index in [-0.39, 0.29) is 5.70 Å². The first-order valence-electron chi connectivity index (χ1n) is 5.78. The van der Waals surface area contributed by atoms with Crippen LogP contribution in [0.5, 0.6) is 0 Å². The summed E-state index contributed by atoms with van der Waals surface area (Å²) in [4.78, 5) is 0. The zero-order chi connectivity index (χ0) is 13.1. The van der Waals surface area contributed by atoms with Crippen LogP contribution in [0, 0.1) is 5.92 Å². The van der Waals surface area contributed by atoms with Crippen LogP contribution in [0.1, 0.15) is 47.0 Å². The van der Waals surface area contributed by atoms with Gasteiger partial charge in [-0.1, -0.05) is 58.8 Å². The van der Waals surface area contributed by atoms with E-state index in [9.17, 15) is 4.39 Å². The van der Waals surface area contributed by atoms with Crippen molar-refractivity contribution in [1.82, 2.24) is 0 Å². The molecule has 0 aliphatic rings. The fourth-order valence-electron chi connectivity index (χ4n) is 0.921. The van der Waals surface area contributed by atoms with Crippen LogP contribution in [0.3, 0.4) is 0 Å². The molecular weight excluding hydrogens is 201 g/mol. The molecule has 0 aromatic heterocycles. The minimum absolute atomic E-state index is 0.0574. The van der Waals surface area contributed by atoms with Crippen LogP contribution in [-0.2, 0) is 0 Å². The first-order valence-corrected chi connectivity index (χ1v) is 5.78. The summed E-state index contributed by atoms with van der Waals surface area (Å²) in [6.07, 6.45) is 5.38. The fourth-order valence-corrected chi connectivity index (χ4v) is 0.921. The molecule has 0 unspecified atom stereocenters. The van der Waals surface area contributed by atoms with Crippen LogP contribution in [0.2, 0.25) is 0 Å². The Morgan fingerprint density at radius 1 is 1.38 bits per heavy atom. The Morgan fingerprint density at radius 3 is 2.00 bits per heavy atom. The molecule has 2 heteroatoms. The second kappa shape index (κ2) is 10.5. The van der Waals surface area contributed by atoms with Gasteiger partial charge in [-0.15, -0.1) is 0 Å². The summed E-state index contributed by atoms with van der Waals surface area (Å²) in [6, 6.07) is 0. The van der Waals surface area contributed by atoms with E-state index >= 15 is 0 Å². The predicted molar refractivity (Wildman–Crippen MR) is 71.7 cm³/mol. The van der Waals surface area contributed by atoms with Crippen molar-refractivity contribution >= 4 is 0 Å². The van der Waals surface area contributed by atoms with Gasteiger partial charge in [0.25, 0.3) is 0 Å². The van der Waals surface area contributed by atoms with E-state index in [0.29, 0.717) is 5.57 Å². The summed E-state index contributed by atoms with van der Waals surface area (Å²) >= 11 is 0. The van der Waals surface area contributed by atoms with Crippen LogP contribution in [-0.4, -0.2) is 0 Å². The number of rotatable bonds is 5. The molecule has 16 heavy (non-hydrogen) atoms. The largest absolute Gasteiger partial charge is 0.397 e. The second-order valence-electron chi connectivity index (χ2n) is 4.40. The van der Waals surface area contributed by atoms with E-state index in [1.807, 2.05) is 0 Å². The first kappa shape index (κ1) is 17.3. The van der Waals surface area contributed by atoms with Crippen LogP contribution < -0.4 is 5.73 Å². The molecule has 0 amide bonds. The average molecular weight is 227 g/mol. The van der Waals surface area contributed by atoms with Gasteiger partial charge in [-0.05, 0) is 18.9 Å². The zero-order valence-corrected chi connectivity index (χ0v) is 11.1. The van der Waals surface area contributed by atoms with Crippen LogP contribution >= 0.6 is 0 Å². The summed E-state index contributed by atoms with van der Waals surface area (Å²) in [6.45, 7) is 15.1. The van der Waals surface area contributed by atoms with E-state index in [0.717, 1.165) is 5.92 Å². The summed E-state index contributed by atoms with van der Waals surface area (Å²) < 4.78 is 12.4. The first-order chi connectivity index (χ1) is 7.31. The predicted octanol–water partition coefficient (Wildman–Crippen LogP) is 4.72. The maximum Gasteiger partial charge on any atom is 0.145 e. The Labute approximate surface area is 99.9 Å².